The quantitative estimate of drug-likeness (QED) is 0.615. The van der Waals surface area contributed by atoms with Gasteiger partial charge < -0.3 is 5.73 Å². The van der Waals surface area contributed by atoms with Gasteiger partial charge >= 0.3 is 0 Å². The van der Waals surface area contributed by atoms with E-state index in [4.69, 9.17) is 5.73 Å². The van der Waals surface area contributed by atoms with Crippen LogP contribution in [0.25, 0.3) is 0 Å². The maximum atomic E-state index is 12.5. The third-order valence-electron chi connectivity index (χ3n) is 1.77. The van der Waals surface area contributed by atoms with Gasteiger partial charge in [-0.15, -0.1) is 0 Å². The minimum Gasteiger partial charge on any atom is -0.369 e. The maximum Gasteiger partial charge on any atom is 0.222 e. The number of nitrogens with two attached hydrogens (primary N) is 1. The second-order valence-corrected chi connectivity index (χ2v) is 2.75. The highest BCUT2D eigenvalue weighted by Crippen LogP contribution is 2.11. The summed E-state index contributed by atoms with van der Waals surface area (Å²) in [6, 6.07) is 0. The number of nitrogens with zero attached hydrogens (tertiary/aromatic N) is 1. The Bertz CT molecular complexity index is 151. The van der Waals surface area contributed by atoms with Gasteiger partial charge in [-0.05, 0) is 6.42 Å². The van der Waals surface area contributed by atoms with Crippen molar-refractivity contribution in [1.82, 2.24) is 4.90 Å². The van der Waals surface area contributed by atoms with E-state index in [0.717, 1.165) is 6.54 Å². The van der Waals surface area contributed by atoms with Crippen molar-refractivity contribution in [2.24, 2.45) is 5.73 Å². The standard InChI is InChI=1S/C7H12FN2O/c8-6-1-3-10(5-6)4-2-7(9)11/h2,6H,1,3-5H2,(H2,9,11)/t6-/m1/s1. The average molecular weight is 159 g/mol. The largest absolute Gasteiger partial charge is 0.369 e. The number of amides is 1. The highest BCUT2D eigenvalue weighted by molar-refractivity contribution is 5.83. The van der Waals surface area contributed by atoms with Gasteiger partial charge in [0.2, 0.25) is 5.91 Å². The molecule has 0 bridgehead atoms. The Kier molecular flexibility index (Phi) is 2.82. The van der Waals surface area contributed by atoms with Crippen LogP contribution in [0.2, 0.25) is 0 Å². The van der Waals surface area contributed by atoms with Gasteiger partial charge in [-0.3, -0.25) is 9.69 Å². The lowest BCUT2D eigenvalue weighted by Crippen LogP contribution is -2.26. The van der Waals surface area contributed by atoms with Crippen molar-refractivity contribution in [3.8, 4) is 0 Å². The van der Waals surface area contributed by atoms with Crippen molar-refractivity contribution in [3.63, 3.8) is 0 Å². The van der Waals surface area contributed by atoms with Crippen LogP contribution in [0.5, 0.6) is 0 Å². The molecule has 2 N–H and O–H groups in total. The third kappa shape index (κ3) is 2.84. The van der Waals surface area contributed by atoms with Crippen molar-refractivity contribution in [2.75, 3.05) is 19.6 Å². The number of hydrogen-bond donors (Lipinski definition) is 1. The lowest BCUT2D eigenvalue weighted by atomic mass is 10.3. The number of carbonyl (C=O) groups is 1. The topological polar surface area (TPSA) is 46.3 Å². The first-order valence-electron chi connectivity index (χ1n) is 3.67. The molecule has 0 spiro atoms. The molecule has 1 amide bonds. The Balaban J connectivity index is 2.13. The summed E-state index contributed by atoms with van der Waals surface area (Å²) in [4.78, 5) is 12.2. The smallest absolute Gasteiger partial charge is 0.222 e. The Labute approximate surface area is 65.3 Å². The molecule has 11 heavy (non-hydrogen) atoms. The fourth-order valence-corrected chi connectivity index (χ4v) is 1.17. The minimum atomic E-state index is -0.726. The van der Waals surface area contributed by atoms with Gasteiger partial charge in [-0.25, -0.2) is 4.39 Å². The molecule has 3 nitrogen and oxygen atoms in total. The number of rotatable bonds is 3. The van der Waals surface area contributed by atoms with Crippen molar-refractivity contribution < 1.29 is 9.18 Å². The summed E-state index contributed by atoms with van der Waals surface area (Å²) in [5.41, 5.74) is 4.89. The third-order valence-corrected chi connectivity index (χ3v) is 1.77. The molecular formula is C7H12FN2O. The molecule has 0 aliphatic carbocycles. The number of hydrogen-bond acceptors (Lipinski definition) is 2. The van der Waals surface area contributed by atoms with Crippen LogP contribution in [-0.4, -0.2) is 36.6 Å². The zero-order chi connectivity index (χ0) is 8.27. The average Bonchev–Trinajstić information content (AvgIpc) is 2.31. The molecule has 0 aromatic heterocycles. The molecule has 63 valence electrons. The number of carbonyl (C=O) groups excluding carboxylic acids is 1. The number of primary amides is 1. The maximum absolute atomic E-state index is 12.5. The Morgan fingerprint density at radius 3 is 3.00 bits per heavy atom. The molecule has 1 radical (unpaired) electrons. The van der Waals surface area contributed by atoms with Crippen LogP contribution in [0.3, 0.4) is 0 Å². The van der Waals surface area contributed by atoms with Crippen LogP contribution < -0.4 is 5.73 Å². The van der Waals surface area contributed by atoms with Crippen LogP contribution in [0.15, 0.2) is 0 Å². The fourth-order valence-electron chi connectivity index (χ4n) is 1.17. The lowest BCUT2D eigenvalue weighted by Gasteiger charge is -2.11. The van der Waals surface area contributed by atoms with Gasteiger partial charge in [0.05, 0.1) is 6.42 Å². The molecule has 0 aromatic carbocycles. The molecular weight excluding hydrogens is 147 g/mol. The highest BCUT2D eigenvalue weighted by Gasteiger charge is 2.21. The van der Waals surface area contributed by atoms with Crippen LogP contribution in [0, 0.1) is 6.42 Å². The van der Waals surface area contributed by atoms with Gasteiger partial charge in [0.1, 0.15) is 6.17 Å². The summed E-state index contributed by atoms with van der Waals surface area (Å²) in [7, 11) is 0. The van der Waals surface area contributed by atoms with E-state index in [-0.39, 0.29) is 0 Å². The first-order valence-corrected chi connectivity index (χ1v) is 3.67. The van der Waals surface area contributed by atoms with Gasteiger partial charge in [0, 0.05) is 19.6 Å². The Morgan fingerprint density at radius 2 is 2.55 bits per heavy atom. The molecule has 0 saturated carbocycles. The molecule has 1 atom stereocenters. The van der Waals surface area contributed by atoms with E-state index in [1.807, 2.05) is 4.90 Å². The molecule has 1 saturated heterocycles. The molecule has 1 aliphatic rings. The minimum absolute atomic E-state index is 0.434. The monoisotopic (exact) mass is 159 g/mol. The summed E-state index contributed by atoms with van der Waals surface area (Å²) < 4.78 is 12.5. The second-order valence-electron chi connectivity index (χ2n) is 2.75. The van der Waals surface area contributed by atoms with Crippen molar-refractivity contribution in [2.45, 2.75) is 12.6 Å². The van der Waals surface area contributed by atoms with Crippen molar-refractivity contribution in [1.29, 1.82) is 0 Å². The van der Waals surface area contributed by atoms with Gasteiger partial charge in [0.25, 0.3) is 0 Å². The Hall–Kier alpha value is -0.640. The van der Waals surface area contributed by atoms with Gasteiger partial charge in [-0.1, -0.05) is 0 Å². The van der Waals surface area contributed by atoms with Crippen LogP contribution >= 0.6 is 0 Å². The SMILES string of the molecule is NC(=O)[CH]CN1CC[C@@H](F)C1. The molecule has 0 aromatic rings. The van der Waals surface area contributed by atoms with E-state index >= 15 is 0 Å². The number of likely N-dealkylation sites (tertiary alicyclic amines) is 1. The zero-order valence-electron chi connectivity index (χ0n) is 6.29. The summed E-state index contributed by atoms with van der Waals surface area (Å²) in [5, 5.41) is 0. The Morgan fingerprint density at radius 1 is 1.82 bits per heavy atom. The predicted octanol–water partition coefficient (Wildman–Crippen LogP) is -0.280. The normalized spacial score (nSPS) is 25.7. The van der Waals surface area contributed by atoms with Gasteiger partial charge in [-0.2, -0.15) is 0 Å². The van der Waals surface area contributed by atoms with Gasteiger partial charge in [0.15, 0.2) is 0 Å². The van der Waals surface area contributed by atoms with Crippen molar-refractivity contribution >= 4 is 5.91 Å². The predicted molar refractivity (Wildman–Crippen MR) is 39.4 cm³/mol. The van der Waals surface area contributed by atoms with E-state index in [1.54, 1.807) is 0 Å². The number of alkyl halides is 1. The van der Waals surface area contributed by atoms with E-state index in [1.165, 1.54) is 6.42 Å². The van der Waals surface area contributed by atoms with Crippen LogP contribution in [0.4, 0.5) is 4.39 Å². The molecule has 0 unspecified atom stereocenters. The molecule has 4 heteroatoms. The fraction of sp³-hybridized carbons (Fsp3) is 0.714. The second kappa shape index (κ2) is 3.67. The molecule has 1 rings (SSSR count). The van der Waals surface area contributed by atoms with Crippen molar-refractivity contribution in [3.05, 3.63) is 6.42 Å². The van der Waals surface area contributed by atoms with E-state index in [9.17, 15) is 9.18 Å². The summed E-state index contributed by atoms with van der Waals surface area (Å²) >= 11 is 0. The molecule has 1 aliphatic heterocycles. The summed E-state index contributed by atoms with van der Waals surface area (Å²) in [6.07, 6.45) is 1.22. The summed E-state index contributed by atoms with van der Waals surface area (Å²) in [5.74, 6) is -0.438. The first-order chi connectivity index (χ1) is 5.18. The van der Waals surface area contributed by atoms with Crippen LogP contribution in [-0.2, 0) is 4.79 Å². The molecule has 1 fully saturated rings. The van der Waals surface area contributed by atoms with E-state index in [2.05, 4.69) is 0 Å². The highest BCUT2D eigenvalue weighted by atomic mass is 19.1. The van der Waals surface area contributed by atoms with E-state index < -0.39 is 12.1 Å². The molecule has 1 heterocycles. The van der Waals surface area contributed by atoms with Crippen LogP contribution in [0.1, 0.15) is 6.42 Å². The van der Waals surface area contributed by atoms with E-state index in [0.29, 0.717) is 19.5 Å². The summed E-state index contributed by atoms with van der Waals surface area (Å²) in [6.45, 7) is 1.64. The number of halogens is 1. The lowest BCUT2D eigenvalue weighted by molar-refractivity contribution is -0.115. The first kappa shape index (κ1) is 8.46. The zero-order valence-corrected chi connectivity index (χ0v) is 6.29.